The predicted octanol–water partition coefficient (Wildman–Crippen LogP) is 3.86. The maximum Gasteiger partial charge on any atom is 0.119 e. The number of epoxide rings is 2. The third-order valence-corrected chi connectivity index (χ3v) is 5.14. The molecule has 0 amide bonds. The molecule has 2 aliphatic rings. The van der Waals surface area contributed by atoms with Crippen LogP contribution in [0.3, 0.4) is 0 Å². The Kier molecular flexibility index (Phi) is 4.80. The molecule has 0 saturated carbocycles. The van der Waals surface area contributed by atoms with E-state index in [4.69, 9.17) is 24.0 Å². The molecular formula is C21H19BrN2O4. The topological polar surface area (TPSA) is 61.3 Å². The normalized spacial score (nSPS) is 20.0. The van der Waals surface area contributed by atoms with E-state index in [0.717, 1.165) is 46.3 Å². The number of hydrogen-bond acceptors (Lipinski definition) is 5. The molecule has 3 aromatic rings. The molecule has 2 aromatic carbocycles. The van der Waals surface area contributed by atoms with Crippen molar-refractivity contribution in [2.24, 2.45) is 0 Å². The number of benzene rings is 2. The molecule has 3 heterocycles. The van der Waals surface area contributed by atoms with E-state index in [1.807, 2.05) is 59.3 Å². The molecule has 0 aliphatic carbocycles. The zero-order valence-electron chi connectivity index (χ0n) is 15.1. The fraction of sp³-hybridized carbons (Fsp3) is 0.286. The molecule has 2 saturated heterocycles. The minimum absolute atomic E-state index is 0.251. The van der Waals surface area contributed by atoms with Crippen LogP contribution in [0.5, 0.6) is 11.5 Å². The van der Waals surface area contributed by atoms with Gasteiger partial charge in [-0.1, -0.05) is 0 Å². The lowest BCUT2D eigenvalue weighted by molar-refractivity contribution is 0.263. The van der Waals surface area contributed by atoms with Crippen LogP contribution in [0.4, 0.5) is 0 Å². The molecule has 2 atom stereocenters. The van der Waals surface area contributed by atoms with Crippen molar-refractivity contribution in [2.45, 2.75) is 12.2 Å². The van der Waals surface area contributed by atoms with Crippen molar-refractivity contribution in [1.29, 1.82) is 0 Å². The van der Waals surface area contributed by atoms with Gasteiger partial charge in [-0.05, 0) is 70.5 Å². The van der Waals surface area contributed by atoms with Gasteiger partial charge in [0.15, 0.2) is 0 Å². The van der Waals surface area contributed by atoms with Crippen LogP contribution in [0.15, 0.2) is 59.2 Å². The Morgan fingerprint density at radius 3 is 1.96 bits per heavy atom. The molecule has 28 heavy (non-hydrogen) atoms. The first-order valence-corrected chi connectivity index (χ1v) is 9.99. The highest BCUT2D eigenvalue weighted by Crippen LogP contribution is 2.27. The van der Waals surface area contributed by atoms with Crippen molar-refractivity contribution in [1.82, 2.24) is 9.78 Å². The lowest BCUT2D eigenvalue weighted by Gasteiger charge is -2.07. The summed E-state index contributed by atoms with van der Waals surface area (Å²) in [7, 11) is 0. The number of aromatic nitrogens is 2. The van der Waals surface area contributed by atoms with Gasteiger partial charge in [-0.15, -0.1) is 0 Å². The summed E-state index contributed by atoms with van der Waals surface area (Å²) in [5.41, 5.74) is 2.87. The van der Waals surface area contributed by atoms with Crippen LogP contribution in [0.2, 0.25) is 0 Å². The Morgan fingerprint density at radius 2 is 1.43 bits per heavy atom. The van der Waals surface area contributed by atoms with Crippen molar-refractivity contribution in [3.63, 3.8) is 0 Å². The first-order valence-electron chi connectivity index (χ1n) is 9.20. The van der Waals surface area contributed by atoms with Crippen molar-refractivity contribution in [3.05, 3.63) is 59.2 Å². The molecule has 5 rings (SSSR count). The van der Waals surface area contributed by atoms with Crippen LogP contribution in [0.1, 0.15) is 0 Å². The van der Waals surface area contributed by atoms with E-state index >= 15 is 0 Å². The lowest BCUT2D eigenvalue weighted by atomic mass is 10.1. The summed E-state index contributed by atoms with van der Waals surface area (Å²) in [6.45, 7) is 2.80. The molecule has 7 heteroatoms. The largest absolute Gasteiger partial charge is 0.491 e. The molecule has 0 spiro atoms. The third-order valence-electron chi connectivity index (χ3n) is 4.57. The summed E-state index contributed by atoms with van der Waals surface area (Å²) in [6, 6.07) is 17.8. The zero-order valence-corrected chi connectivity index (χ0v) is 16.7. The molecule has 2 unspecified atom stereocenters. The summed E-state index contributed by atoms with van der Waals surface area (Å²) in [4.78, 5) is 0. The van der Waals surface area contributed by atoms with Gasteiger partial charge in [0.2, 0.25) is 0 Å². The van der Waals surface area contributed by atoms with E-state index in [0.29, 0.717) is 13.2 Å². The summed E-state index contributed by atoms with van der Waals surface area (Å²) in [6.07, 6.45) is 0.506. The maximum atomic E-state index is 5.69. The average molecular weight is 443 g/mol. The monoisotopic (exact) mass is 442 g/mol. The van der Waals surface area contributed by atoms with Crippen LogP contribution in [-0.2, 0) is 9.47 Å². The Bertz CT molecular complexity index is 948. The molecule has 0 N–H and O–H groups in total. The van der Waals surface area contributed by atoms with Gasteiger partial charge in [0.25, 0.3) is 0 Å². The van der Waals surface area contributed by atoms with Crippen molar-refractivity contribution >= 4 is 15.9 Å². The van der Waals surface area contributed by atoms with E-state index in [1.54, 1.807) is 0 Å². The number of nitrogens with zero attached hydrogens (tertiary/aromatic N) is 2. The summed E-state index contributed by atoms with van der Waals surface area (Å²) in [5.74, 6) is 1.67. The van der Waals surface area contributed by atoms with Gasteiger partial charge in [0.1, 0.15) is 41.5 Å². The van der Waals surface area contributed by atoms with Gasteiger partial charge in [0.05, 0.1) is 24.6 Å². The van der Waals surface area contributed by atoms with Crippen LogP contribution in [0, 0.1) is 0 Å². The van der Waals surface area contributed by atoms with Crippen LogP contribution in [0.25, 0.3) is 16.9 Å². The number of hydrogen-bond donors (Lipinski definition) is 0. The molecule has 0 bridgehead atoms. The van der Waals surface area contributed by atoms with Crippen molar-refractivity contribution in [3.8, 4) is 28.4 Å². The van der Waals surface area contributed by atoms with E-state index in [2.05, 4.69) is 15.9 Å². The van der Waals surface area contributed by atoms with Crippen molar-refractivity contribution < 1.29 is 18.9 Å². The highest BCUT2D eigenvalue weighted by molar-refractivity contribution is 9.10. The standard InChI is InChI=1S/C21H19BrN2O4/c22-21-9-20(14-1-5-16(6-2-14)25-10-18-12-27-18)23-24(21)15-3-7-17(8-4-15)26-11-19-13-28-19/h1-9,18-19H,10-13H2. The van der Waals surface area contributed by atoms with Gasteiger partial charge in [-0.25, -0.2) is 4.68 Å². The second-order valence-electron chi connectivity index (χ2n) is 6.82. The van der Waals surface area contributed by atoms with Gasteiger partial charge in [-0.2, -0.15) is 5.10 Å². The molecular weight excluding hydrogens is 424 g/mol. The lowest BCUT2D eigenvalue weighted by Crippen LogP contribution is -2.04. The third kappa shape index (κ3) is 4.22. The Hall–Kier alpha value is -2.35. The highest BCUT2D eigenvalue weighted by Gasteiger charge is 2.23. The van der Waals surface area contributed by atoms with Gasteiger partial charge < -0.3 is 18.9 Å². The Morgan fingerprint density at radius 1 is 0.893 bits per heavy atom. The summed E-state index contributed by atoms with van der Waals surface area (Å²) in [5, 5.41) is 4.73. The molecule has 0 radical (unpaired) electrons. The second kappa shape index (κ2) is 7.58. The molecule has 6 nitrogen and oxygen atoms in total. The SMILES string of the molecule is Brc1cc(-c2ccc(OCC3CO3)cc2)nn1-c1ccc(OCC2CO2)cc1. The van der Waals surface area contributed by atoms with Crippen LogP contribution < -0.4 is 9.47 Å². The van der Waals surface area contributed by atoms with Crippen LogP contribution >= 0.6 is 15.9 Å². The fourth-order valence-electron chi connectivity index (χ4n) is 2.79. The highest BCUT2D eigenvalue weighted by atomic mass is 79.9. The van der Waals surface area contributed by atoms with E-state index in [9.17, 15) is 0 Å². The fourth-order valence-corrected chi connectivity index (χ4v) is 3.29. The molecule has 1 aromatic heterocycles. The second-order valence-corrected chi connectivity index (χ2v) is 7.63. The molecule has 144 valence electrons. The van der Waals surface area contributed by atoms with Crippen LogP contribution in [-0.4, -0.2) is 48.4 Å². The van der Waals surface area contributed by atoms with E-state index < -0.39 is 0 Å². The van der Waals surface area contributed by atoms with Gasteiger partial charge in [0, 0.05) is 5.56 Å². The van der Waals surface area contributed by atoms with Gasteiger partial charge >= 0.3 is 0 Å². The maximum absolute atomic E-state index is 5.69. The van der Waals surface area contributed by atoms with Gasteiger partial charge in [-0.3, -0.25) is 0 Å². The smallest absolute Gasteiger partial charge is 0.119 e. The minimum Gasteiger partial charge on any atom is -0.491 e. The summed E-state index contributed by atoms with van der Waals surface area (Å²) < 4.78 is 24.4. The zero-order chi connectivity index (χ0) is 18.9. The Labute approximate surface area is 171 Å². The number of halogens is 1. The number of rotatable bonds is 8. The Balaban J connectivity index is 1.28. The van der Waals surface area contributed by atoms with E-state index in [-0.39, 0.29) is 12.2 Å². The average Bonchev–Trinajstić information content (AvgIpc) is 3.65. The predicted molar refractivity (Wildman–Crippen MR) is 107 cm³/mol. The van der Waals surface area contributed by atoms with Crippen molar-refractivity contribution in [2.75, 3.05) is 26.4 Å². The molecule has 2 fully saturated rings. The summed E-state index contributed by atoms with van der Waals surface area (Å²) >= 11 is 3.60. The first kappa shape index (κ1) is 17.7. The number of ether oxygens (including phenoxy) is 4. The molecule has 2 aliphatic heterocycles. The minimum atomic E-state index is 0.251. The first-order chi connectivity index (χ1) is 13.7. The quantitative estimate of drug-likeness (QED) is 0.495. The van der Waals surface area contributed by atoms with E-state index in [1.165, 1.54) is 0 Å².